The molecule has 0 spiro atoms. The number of hydrogen-bond donors (Lipinski definition) is 3. The Morgan fingerprint density at radius 1 is 1.47 bits per heavy atom. The smallest absolute Gasteiger partial charge is 0.323 e. The number of carboxylic acids is 1. The summed E-state index contributed by atoms with van der Waals surface area (Å²) in [6.07, 6.45) is 1.27. The molecule has 0 bridgehead atoms. The van der Waals surface area contributed by atoms with Crippen molar-refractivity contribution < 1.29 is 19.5 Å². The summed E-state index contributed by atoms with van der Waals surface area (Å²) in [6.45, 7) is 0.575. The molecular formula is C9H12N4O4. The van der Waals surface area contributed by atoms with Gasteiger partial charge in [0.15, 0.2) is 0 Å². The van der Waals surface area contributed by atoms with E-state index >= 15 is 0 Å². The Kier molecular flexibility index (Phi) is 3.81. The van der Waals surface area contributed by atoms with E-state index in [0.29, 0.717) is 5.69 Å². The molecule has 0 aliphatic heterocycles. The molecule has 0 saturated heterocycles. The van der Waals surface area contributed by atoms with Crippen LogP contribution in [0.1, 0.15) is 16.1 Å². The van der Waals surface area contributed by atoms with Gasteiger partial charge in [-0.15, -0.1) is 0 Å². The lowest BCUT2D eigenvalue weighted by Crippen LogP contribution is -2.41. The van der Waals surface area contributed by atoms with E-state index in [-0.39, 0.29) is 5.56 Å². The van der Waals surface area contributed by atoms with Gasteiger partial charge < -0.3 is 15.7 Å². The third kappa shape index (κ3) is 3.30. The average molecular weight is 240 g/mol. The zero-order valence-corrected chi connectivity index (χ0v) is 9.14. The Labute approximate surface area is 96.4 Å². The fraction of sp³-hybridized carbons (Fsp3) is 0.333. The van der Waals surface area contributed by atoms with Crippen molar-refractivity contribution in [3.8, 4) is 0 Å². The van der Waals surface area contributed by atoms with Gasteiger partial charge >= 0.3 is 5.97 Å². The molecule has 4 N–H and O–H groups in total. The highest BCUT2D eigenvalue weighted by Crippen LogP contribution is 2.07. The van der Waals surface area contributed by atoms with E-state index in [2.05, 4.69) is 10.2 Å². The molecule has 8 heteroatoms. The van der Waals surface area contributed by atoms with Crippen LogP contribution >= 0.6 is 0 Å². The summed E-state index contributed by atoms with van der Waals surface area (Å²) in [7, 11) is 0. The van der Waals surface area contributed by atoms with Crippen molar-refractivity contribution in [3.05, 3.63) is 17.5 Å². The minimum absolute atomic E-state index is 0.215. The SMILES string of the molecule is Cc1[nH]ncc1C(=O)N(CC(N)=O)CC(=O)O. The first kappa shape index (κ1) is 12.7. The summed E-state index contributed by atoms with van der Waals surface area (Å²) in [5.41, 5.74) is 5.66. The Hall–Kier alpha value is -2.38. The number of rotatable bonds is 5. The Morgan fingerprint density at radius 2 is 2.12 bits per heavy atom. The fourth-order valence-corrected chi connectivity index (χ4v) is 1.29. The molecule has 0 radical (unpaired) electrons. The van der Waals surface area contributed by atoms with Crippen molar-refractivity contribution >= 4 is 17.8 Å². The van der Waals surface area contributed by atoms with E-state index in [9.17, 15) is 14.4 Å². The van der Waals surface area contributed by atoms with Gasteiger partial charge in [-0.25, -0.2) is 0 Å². The molecule has 8 nitrogen and oxygen atoms in total. The van der Waals surface area contributed by atoms with Crippen LogP contribution in [0.3, 0.4) is 0 Å². The van der Waals surface area contributed by atoms with Gasteiger partial charge in [-0.2, -0.15) is 5.10 Å². The summed E-state index contributed by atoms with van der Waals surface area (Å²) in [6, 6.07) is 0. The van der Waals surface area contributed by atoms with E-state index in [4.69, 9.17) is 10.8 Å². The normalized spacial score (nSPS) is 9.94. The van der Waals surface area contributed by atoms with Crippen LogP contribution < -0.4 is 5.73 Å². The van der Waals surface area contributed by atoms with E-state index < -0.39 is 30.9 Å². The van der Waals surface area contributed by atoms with Crippen molar-refractivity contribution in [2.75, 3.05) is 13.1 Å². The molecule has 2 amide bonds. The lowest BCUT2D eigenvalue weighted by atomic mass is 10.2. The van der Waals surface area contributed by atoms with Gasteiger partial charge in [0.05, 0.1) is 11.8 Å². The molecule has 0 saturated carbocycles. The van der Waals surface area contributed by atoms with Crippen molar-refractivity contribution in [2.24, 2.45) is 5.73 Å². The van der Waals surface area contributed by atoms with Crippen molar-refractivity contribution in [1.29, 1.82) is 0 Å². The highest BCUT2D eigenvalue weighted by molar-refractivity contribution is 5.98. The number of hydrogen-bond acceptors (Lipinski definition) is 4. The molecule has 1 aromatic rings. The maximum absolute atomic E-state index is 11.9. The van der Waals surface area contributed by atoms with Crippen LogP contribution in [0.5, 0.6) is 0 Å². The van der Waals surface area contributed by atoms with E-state index in [0.717, 1.165) is 4.90 Å². The van der Waals surface area contributed by atoms with Gasteiger partial charge in [0.1, 0.15) is 13.1 Å². The molecule has 0 unspecified atom stereocenters. The summed E-state index contributed by atoms with van der Waals surface area (Å²) in [4.78, 5) is 34.1. The number of aromatic nitrogens is 2. The predicted octanol–water partition coefficient (Wildman–Crippen LogP) is -1.27. The maximum atomic E-state index is 11.9. The molecular weight excluding hydrogens is 228 g/mol. The van der Waals surface area contributed by atoms with Crippen LogP contribution in [-0.4, -0.2) is 51.1 Å². The summed E-state index contributed by atoms with van der Waals surface area (Å²) < 4.78 is 0. The monoisotopic (exact) mass is 240 g/mol. The number of primary amides is 1. The number of aliphatic carboxylic acids is 1. The summed E-state index contributed by atoms with van der Waals surface area (Å²) in [5.74, 6) is -2.60. The number of H-pyrrole nitrogens is 1. The fourth-order valence-electron chi connectivity index (χ4n) is 1.29. The third-order valence-corrected chi connectivity index (χ3v) is 2.02. The van der Waals surface area contributed by atoms with Crippen molar-refractivity contribution in [1.82, 2.24) is 15.1 Å². The molecule has 0 aliphatic rings. The van der Waals surface area contributed by atoms with Gasteiger partial charge in [0.2, 0.25) is 5.91 Å². The van der Waals surface area contributed by atoms with Gasteiger partial charge in [-0.3, -0.25) is 19.5 Å². The van der Waals surface area contributed by atoms with Crippen LogP contribution in [0, 0.1) is 6.92 Å². The van der Waals surface area contributed by atoms with Gasteiger partial charge in [-0.05, 0) is 6.92 Å². The number of aryl methyl sites for hydroxylation is 1. The lowest BCUT2D eigenvalue weighted by molar-refractivity contribution is -0.138. The Bertz CT molecular complexity index is 438. The highest BCUT2D eigenvalue weighted by atomic mass is 16.4. The minimum Gasteiger partial charge on any atom is -0.480 e. The Morgan fingerprint density at radius 3 is 2.53 bits per heavy atom. The Balaban J connectivity index is 2.90. The molecule has 0 fully saturated rings. The standard InChI is InChI=1S/C9H12N4O4/c1-5-6(2-11-12-5)9(17)13(3-7(10)14)4-8(15)16/h2H,3-4H2,1H3,(H2,10,14)(H,11,12)(H,15,16). The number of nitrogens with two attached hydrogens (primary N) is 1. The number of aromatic amines is 1. The van der Waals surface area contributed by atoms with Crippen molar-refractivity contribution in [3.63, 3.8) is 0 Å². The topological polar surface area (TPSA) is 129 Å². The minimum atomic E-state index is -1.22. The molecule has 1 aromatic heterocycles. The third-order valence-electron chi connectivity index (χ3n) is 2.02. The number of nitrogens with one attached hydrogen (secondary N) is 1. The van der Waals surface area contributed by atoms with Crippen LogP contribution in [0.25, 0.3) is 0 Å². The molecule has 0 aromatic carbocycles. The first-order valence-corrected chi connectivity index (χ1v) is 4.71. The molecule has 17 heavy (non-hydrogen) atoms. The first-order valence-electron chi connectivity index (χ1n) is 4.71. The molecule has 92 valence electrons. The maximum Gasteiger partial charge on any atom is 0.323 e. The summed E-state index contributed by atoms with van der Waals surface area (Å²) in [5, 5.41) is 14.8. The van der Waals surface area contributed by atoms with Crippen LogP contribution in [0.2, 0.25) is 0 Å². The lowest BCUT2D eigenvalue weighted by Gasteiger charge is -2.18. The van der Waals surface area contributed by atoms with E-state index in [1.807, 2.05) is 0 Å². The largest absolute Gasteiger partial charge is 0.480 e. The average Bonchev–Trinajstić information content (AvgIpc) is 2.61. The number of carboxylic acid groups (broad SMARTS) is 1. The van der Waals surface area contributed by atoms with Gasteiger partial charge in [0.25, 0.3) is 5.91 Å². The van der Waals surface area contributed by atoms with Crippen molar-refractivity contribution in [2.45, 2.75) is 6.92 Å². The molecule has 0 atom stereocenters. The zero-order chi connectivity index (χ0) is 13.0. The number of amides is 2. The quantitative estimate of drug-likeness (QED) is 0.590. The summed E-state index contributed by atoms with van der Waals surface area (Å²) >= 11 is 0. The van der Waals surface area contributed by atoms with Gasteiger partial charge in [-0.1, -0.05) is 0 Å². The second-order valence-electron chi connectivity index (χ2n) is 3.43. The zero-order valence-electron chi connectivity index (χ0n) is 9.14. The molecule has 1 rings (SSSR count). The number of carbonyl (C=O) groups excluding carboxylic acids is 2. The van der Waals surface area contributed by atoms with Crippen LogP contribution in [0.15, 0.2) is 6.20 Å². The predicted molar refractivity (Wildman–Crippen MR) is 56.1 cm³/mol. The first-order chi connectivity index (χ1) is 7.91. The van der Waals surface area contributed by atoms with E-state index in [1.165, 1.54) is 6.20 Å². The van der Waals surface area contributed by atoms with Gasteiger partial charge in [0, 0.05) is 5.69 Å². The molecule has 0 aliphatic carbocycles. The second-order valence-corrected chi connectivity index (χ2v) is 3.43. The number of nitrogens with zero attached hydrogens (tertiary/aromatic N) is 2. The molecule has 1 heterocycles. The second kappa shape index (κ2) is 5.10. The number of carbonyl (C=O) groups is 3. The highest BCUT2D eigenvalue weighted by Gasteiger charge is 2.22. The van der Waals surface area contributed by atoms with E-state index in [1.54, 1.807) is 6.92 Å². The van der Waals surface area contributed by atoms with Crippen LogP contribution in [0.4, 0.5) is 0 Å². The van der Waals surface area contributed by atoms with Crippen LogP contribution in [-0.2, 0) is 9.59 Å².